The number of aryl methyl sites for hydroxylation is 1. The van der Waals surface area contributed by atoms with Gasteiger partial charge in [0.1, 0.15) is 16.9 Å². The average molecular weight is 379 g/mol. The summed E-state index contributed by atoms with van der Waals surface area (Å²) in [6.45, 7) is 9.10. The van der Waals surface area contributed by atoms with Crippen molar-refractivity contribution in [2.45, 2.75) is 33.3 Å². The van der Waals surface area contributed by atoms with Crippen LogP contribution in [0.1, 0.15) is 37.0 Å². The van der Waals surface area contributed by atoms with Crippen molar-refractivity contribution in [2.75, 3.05) is 26.2 Å². The molecule has 2 aromatic heterocycles. The van der Waals surface area contributed by atoms with Crippen LogP contribution >= 0.6 is 11.6 Å². The minimum atomic E-state index is -0.531. The molecule has 1 saturated heterocycles. The predicted molar refractivity (Wildman–Crippen MR) is 98.6 cm³/mol. The lowest BCUT2D eigenvalue weighted by Crippen LogP contribution is -2.51. The summed E-state index contributed by atoms with van der Waals surface area (Å²) in [4.78, 5) is 32.9. The van der Waals surface area contributed by atoms with Crippen LogP contribution in [0.5, 0.6) is 0 Å². The maximum Gasteiger partial charge on any atom is 0.410 e. The van der Waals surface area contributed by atoms with E-state index in [0.29, 0.717) is 48.2 Å². The molecule has 8 heteroatoms. The Morgan fingerprint density at radius 1 is 1.12 bits per heavy atom. The fourth-order valence-electron chi connectivity index (χ4n) is 2.96. The molecule has 2 amide bonds. The molecule has 0 N–H and O–H groups in total. The van der Waals surface area contributed by atoms with Crippen LogP contribution in [0.25, 0.3) is 5.65 Å². The van der Waals surface area contributed by atoms with Gasteiger partial charge in [0.25, 0.3) is 5.91 Å². The largest absolute Gasteiger partial charge is 0.444 e. The molecule has 140 valence electrons. The Bertz CT molecular complexity index is 848. The molecule has 2 aromatic rings. The number of halogens is 1. The summed E-state index contributed by atoms with van der Waals surface area (Å²) in [7, 11) is 0. The first-order valence-corrected chi connectivity index (χ1v) is 8.95. The summed E-state index contributed by atoms with van der Waals surface area (Å²) in [5.41, 5.74) is 1.32. The highest BCUT2D eigenvalue weighted by atomic mass is 35.5. The third-order valence-electron chi connectivity index (χ3n) is 4.18. The molecule has 0 unspecified atom stereocenters. The van der Waals surface area contributed by atoms with Crippen LogP contribution < -0.4 is 0 Å². The number of ether oxygens (including phenoxy) is 1. The highest BCUT2D eigenvalue weighted by molar-refractivity contribution is 6.30. The van der Waals surface area contributed by atoms with Gasteiger partial charge in [-0.1, -0.05) is 11.6 Å². The molecule has 0 radical (unpaired) electrons. The maximum absolute atomic E-state index is 13.0. The Labute approximate surface area is 157 Å². The lowest BCUT2D eigenvalue weighted by Gasteiger charge is -2.35. The molecular formula is C18H23ClN4O3. The number of hydrogen-bond donors (Lipinski definition) is 0. The lowest BCUT2D eigenvalue weighted by atomic mass is 10.2. The van der Waals surface area contributed by atoms with Gasteiger partial charge in [0.2, 0.25) is 0 Å². The van der Waals surface area contributed by atoms with Crippen molar-refractivity contribution in [3.63, 3.8) is 0 Å². The number of carbonyl (C=O) groups is 2. The van der Waals surface area contributed by atoms with Crippen molar-refractivity contribution < 1.29 is 14.3 Å². The molecule has 1 aliphatic rings. The van der Waals surface area contributed by atoms with E-state index in [2.05, 4.69) is 4.98 Å². The molecule has 1 fully saturated rings. The zero-order valence-corrected chi connectivity index (χ0v) is 16.2. The summed E-state index contributed by atoms with van der Waals surface area (Å²) in [6, 6.07) is 3.53. The number of nitrogens with zero attached hydrogens (tertiary/aromatic N) is 4. The van der Waals surface area contributed by atoms with Gasteiger partial charge >= 0.3 is 6.09 Å². The Morgan fingerprint density at radius 3 is 2.35 bits per heavy atom. The topological polar surface area (TPSA) is 67.2 Å². The summed E-state index contributed by atoms with van der Waals surface area (Å²) in [5, 5.41) is 0.540. The second kappa shape index (κ2) is 6.79. The quantitative estimate of drug-likeness (QED) is 0.765. The van der Waals surface area contributed by atoms with Gasteiger partial charge in [-0.05, 0) is 39.8 Å². The predicted octanol–water partition coefficient (Wildman–Crippen LogP) is 2.99. The maximum atomic E-state index is 13.0. The smallest absolute Gasteiger partial charge is 0.410 e. The minimum absolute atomic E-state index is 0.110. The summed E-state index contributed by atoms with van der Waals surface area (Å²) < 4.78 is 7.11. The van der Waals surface area contributed by atoms with E-state index in [-0.39, 0.29) is 12.0 Å². The number of amides is 2. The van der Waals surface area contributed by atoms with Gasteiger partial charge in [-0.2, -0.15) is 0 Å². The highest BCUT2D eigenvalue weighted by Crippen LogP contribution is 2.19. The van der Waals surface area contributed by atoms with E-state index in [1.165, 1.54) is 0 Å². The number of pyridine rings is 1. The molecule has 7 nitrogen and oxygen atoms in total. The number of fused-ring (bicyclic) bond motifs is 1. The van der Waals surface area contributed by atoms with Gasteiger partial charge in [-0.3, -0.25) is 9.20 Å². The van der Waals surface area contributed by atoms with Gasteiger partial charge in [0.05, 0.1) is 10.7 Å². The van der Waals surface area contributed by atoms with Gasteiger partial charge in [0.15, 0.2) is 0 Å². The van der Waals surface area contributed by atoms with Gasteiger partial charge in [0, 0.05) is 32.4 Å². The van der Waals surface area contributed by atoms with Gasteiger partial charge in [-0.15, -0.1) is 0 Å². The molecular weight excluding hydrogens is 356 g/mol. The molecule has 0 aliphatic carbocycles. The van der Waals surface area contributed by atoms with Crippen LogP contribution in [0.2, 0.25) is 5.02 Å². The number of piperazine rings is 1. The Balaban J connectivity index is 1.72. The SMILES string of the molecule is Cc1nc2ccc(Cl)cn2c1C(=O)N1CCN(C(=O)OC(C)(C)C)CC1. The fraction of sp³-hybridized carbons (Fsp3) is 0.500. The third kappa shape index (κ3) is 3.77. The average Bonchev–Trinajstić information content (AvgIpc) is 2.88. The normalized spacial score (nSPS) is 15.4. The number of rotatable bonds is 1. The lowest BCUT2D eigenvalue weighted by molar-refractivity contribution is 0.0140. The van der Waals surface area contributed by atoms with Crippen LogP contribution in [0.15, 0.2) is 18.3 Å². The Kier molecular flexibility index (Phi) is 4.84. The summed E-state index contributed by atoms with van der Waals surface area (Å²) in [5.74, 6) is -0.110. The molecule has 1 aliphatic heterocycles. The van der Waals surface area contributed by atoms with Gasteiger partial charge in [-0.25, -0.2) is 9.78 Å². The molecule has 26 heavy (non-hydrogen) atoms. The van der Waals surface area contributed by atoms with Crippen LogP contribution in [0.4, 0.5) is 4.79 Å². The van der Waals surface area contributed by atoms with E-state index in [0.717, 1.165) is 0 Å². The fourth-order valence-corrected chi connectivity index (χ4v) is 3.12. The van der Waals surface area contributed by atoms with Crippen molar-refractivity contribution in [3.05, 3.63) is 34.7 Å². The second-order valence-corrected chi connectivity index (χ2v) is 7.82. The van der Waals surface area contributed by atoms with Crippen molar-refractivity contribution >= 4 is 29.2 Å². The third-order valence-corrected chi connectivity index (χ3v) is 4.40. The molecule has 0 bridgehead atoms. The Hall–Kier alpha value is -2.28. The van der Waals surface area contributed by atoms with Crippen molar-refractivity contribution in [2.24, 2.45) is 0 Å². The number of aromatic nitrogens is 2. The summed E-state index contributed by atoms with van der Waals surface area (Å²) in [6.07, 6.45) is 1.35. The van der Waals surface area contributed by atoms with Crippen molar-refractivity contribution in [1.29, 1.82) is 0 Å². The van der Waals surface area contributed by atoms with Gasteiger partial charge < -0.3 is 14.5 Å². The standard InChI is InChI=1S/C18H23ClN4O3/c1-12-15(23-11-13(19)5-6-14(23)20-12)16(24)21-7-9-22(10-8-21)17(25)26-18(2,3)4/h5-6,11H,7-10H2,1-4H3. The first-order valence-electron chi connectivity index (χ1n) is 8.57. The molecule has 0 saturated carbocycles. The molecule has 0 atom stereocenters. The second-order valence-electron chi connectivity index (χ2n) is 7.38. The minimum Gasteiger partial charge on any atom is -0.444 e. The number of carbonyl (C=O) groups excluding carboxylic acids is 2. The number of hydrogen-bond acceptors (Lipinski definition) is 4. The van der Waals surface area contributed by atoms with E-state index in [1.54, 1.807) is 32.5 Å². The van der Waals surface area contributed by atoms with E-state index < -0.39 is 5.60 Å². The van der Waals surface area contributed by atoms with E-state index in [4.69, 9.17) is 16.3 Å². The van der Waals surface area contributed by atoms with Crippen molar-refractivity contribution in [1.82, 2.24) is 19.2 Å². The zero-order valence-electron chi connectivity index (χ0n) is 15.5. The first kappa shape index (κ1) is 18.5. The monoisotopic (exact) mass is 378 g/mol. The van der Waals surface area contributed by atoms with Crippen LogP contribution in [-0.4, -0.2) is 63.0 Å². The summed E-state index contributed by atoms with van der Waals surface area (Å²) >= 11 is 6.07. The Morgan fingerprint density at radius 2 is 1.73 bits per heavy atom. The van der Waals surface area contributed by atoms with Crippen molar-refractivity contribution in [3.8, 4) is 0 Å². The van der Waals surface area contributed by atoms with E-state index in [9.17, 15) is 9.59 Å². The van der Waals surface area contributed by atoms with Crippen LogP contribution in [0.3, 0.4) is 0 Å². The molecule has 0 aromatic carbocycles. The molecule has 3 rings (SSSR count). The first-order chi connectivity index (χ1) is 12.2. The number of imidazole rings is 1. The van der Waals surface area contributed by atoms with E-state index in [1.807, 2.05) is 27.7 Å². The van der Waals surface area contributed by atoms with E-state index >= 15 is 0 Å². The van der Waals surface area contributed by atoms with Crippen LogP contribution in [-0.2, 0) is 4.74 Å². The highest BCUT2D eigenvalue weighted by Gasteiger charge is 2.30. The molecule has 3 heterocycles. The van der Waals surface area contributed by atoms with Crippen LogP contribution in [0, 0.1) is 6.92 Å². The molecule has 0 spiro atoms. The zero-order chi connectivity index (χ0) is 19.1.